The van der Waals surface area contributed by atoms with Gasteiger partial charge in [0.1, 0.15) is 0 Å². The molecular formula is C12H23N3O3S. The summed E-state index contributed by atoms with van der Waals surface area (Å²) in [6, 6.07) is -0.394. The van der Waals surface area contributed by atoms with Gasteiger partial charge in [0, 0.05) is 13.3 Å². The van der Waals surface area contributed by atoms with Crippen molar-refractivity contribution < 1.29 is 13.2 Å². The second-order valence-corrected chi connectivity index (χ2v) is 7.68. The normalized spacial score (nSPS) is 14.4. The van der Waals surface area contributed by atoms with Crippen LogP contribution in [0.25, 0.3) is 0 Å². The van der Waals surface area contributed by atoms with Crippen molar-refractivity contribution in [1.29, 1.82) is 0 Å². The highest BCUT2D eigenvalue weighted by molar-refractivity contribution is 7.92. The van der Waals surface area contributed by atoms with E-state index in [-0.39, 0.29) is 0 Å². The summed E-state index contributed by atoms with van der Waals surface area (Å²) in [5.41, 5.74) is 0.736. The summed E-state index contributed by atoms with van der Waals surface area (Å²) >= 11 is 0. The first-order valence-electron chi connectivity index (χ1n) is 6.15. The lowest BCUT2D eigenvalue weighted by atomic mass is 9.99. The predicted molar refractivity (Wildman–Crippen MR) is 75.1 cm³/mol. The van der Waals surface area contributed by atoms with E-state index in [0.717, 1.165) is 5.69 Å². The van der Waals surface area contributed by atoms with Crippen LogP contribution in [0.5, 0.6) is 5.75 Å². The molecule has 1 aromatic rings. The van der Waals surface area contributed by atoms with Crippen LogP contribution in [-0.4, -0.2) is 42.9 Å². The Hall–Kier alpha value is -1.08. The smallest absolute Gasteiger partial charge is 0.161 e. The average molecular weight is 289 g/mol. The maximum atomic E-state index is 12.1. The van der Waals surface area contributed by atoms with Crippen LogP contribution in [0.15, 0.2) is 6.20 Å². The number of aryl methyl sites for hydroxylation is 1. The van der Waals surface area contributed by atoms with Crippen molar-refractivity contribution in [2.24, 2.45) is 7.05 Å². The van der Waals surface area contributed by atoms with Gasteiger partial charge in [0.15, 0.2) is 15.6 Å². The molecule has 1 aromatic heterocycles. The summed E-state index contributed by atoms with van der Waals surface area (Å²) in [7, 11) is 0.0802. The number of nitrogens with one attached hydrogen (secondary N) is 1. The third kappa shape index (κ3) is 2.92. The van der Waals surface area contributed by atoms with Gasteiger partial charge in [-0.1, -0.05) is 6.92 Å². The first-order valence-corrected chi connectivity index (χ1v) is 8.04. The van der Waals surface area contributed by atoms with E-state index in [0.29, 0.717) is 12.3 Å². The molecule has 110 valence electrons. The zero-order chi connectivity index (χ0) is 14.8. The van der Waals surface area contributed by atoms with Gasteiger partial charge in [-0.05, 0) is 20.4 Å². The summed E-state index contributed by atoms with van der Waals surface area (Å²) in [5.74, 6) is 0.588. The van der Waals surface area contributed by atoms with E-state index in [1.165, 1.54) is 6.26 Å². The highest BCUT2D eigenvalue weighted by Crippen LogP contribution is 2.36. The number of hydrogen-bond donors (Lipinski definition) is 1. The third-order valence-electron chi connectivity index (χ3n) is 3.50. The lowest BCUT2D eigenvalue weighted by Crippen LogP contribution is -2.45. The molecule has 1 N–H and O–H groups in total. The fraction of sp³-hybridized carbons (Fsp3) is 0.750. The van der Waals surface area contributed by atoms with Gasteiger partial charge < -0.3 is 10.1 Å². The first-order chi connectivity index (χ1) is 8.66. The fourth-order valence-corrected chi connectivity index (χ4v) is 2.63. The van der Waals surface area contributed by atoms with Crippen molar-refractivity contribution in [3.63, 3.8) is 0 Å². The van der Waals surface area contributed by atoms with E-state index in [4.69, 9.17) is 4.74 Å². The first kappa shape index (κ1) is 16.0. The van der Waals surface area contributed by atoms with E-state index in [9.17, 15) is 8.42 Å². The van der Waals surface area contributed by atoms with Crippen LogP contribution in [0, 0.1) is 0 Å². The van der Waals surface area contributed by atoms with Crippen LogP contribution < -0.4 is 10.1 Å². The number of nitrogens with zero attached hydrogens (tertiary/aromatic N) is 2. The number of rotatable bonds is 6. The Kier molecular flexibility index (Phi) is 4.63. The van der Waals surface area contributed by atoms with Crippen LogP contribution in [0.4, 0.5) is 0 Å². The van der Waals surface area contributed by atoms with Crippen molar-refractivity contribution in [3.05, 3.63) is 11.9 Å². The van der Waals surface area contributed by atoms with Gasteiger partial charge in [0.05, 0.1) is 29.8 Å². The van der Waals surface area contributed by atoms with Gasteiger partial charge in [-0.15, -0.1) is 0 Å². The number of ether oxygens (including phenoxy) is 1. The Morgan fingerprint density at radius 2 is 2.11 bits per heavy atom. The molecule has 0 fully saturated rings. The van der Waals surface area contributed by atoms with E-state index in [1.54, 1.807) is 38.9 Å². The summed E-state index contributed by atoms with van der Waals surface area (Å²) in [4.78, 5) is 0. The lowest BCUT2D eigenvalue weighted by Gasteiger charge is -2.33. The Morgan fingerprint density at radius 1 is 1.53 bits per heavy atom. The summed E-state index contributed by atoms with van der Waals surface area (Å²) < 4.78 is 30.1. The summed E-state index contributed by atoms with van der Waals surface area (Å²) in [6.45, 7) is 6.01. The van der Waals surface area contributed by atoms with E-state index >= 15 is 0 Å². The molecule has 0 spiro atoms. The van der Waals surface area contributed by atoms with Crippen molar-refractivity contribution in [3.8, 4) is 5.75 Å². The van der Waals surface area contributed by atoms with Gasteiger partial charge in [-0.2, -0.15) is 5.10 Å². The molecule has 1 atom stereocenters. The maximum Gasteiger partial charge on any atom is 0.161 e. The number of aromatic nitrogens is 2. The Morgan fingerprint density at radius 3 is 2.53 bits per heavy atom. The lowest BCUT2D eigenvalue weighted by molar-refractivity contribution is 0.368. The van der Waals surface area contributed by atoms with Gasteiger partial charge in [-0.25, -0.2) is 8.42 Å². The molecule has 0 radical (unpaired) electrons. The Labute approximate surface area is 115 Å². The van der Waals surface area contributed by atoms with Crippen molar-refractivity contribution >= 4 is 9.84 Å². The molecule has 7 heteroatoms. The summed E-state index contributed by atoms with van der Waals surface area (Å²) in [5, 5.41) is 7.37. The SMILES string of the molecule is CCNC(c1c(OC)cnn1C)C(C)(C)S(C)(=O)=O. The molecule has 0 aliphatic rings. The summed E-state index contributed by atoms with van der Waals surface area (Å²) in [6.07, 6.45) is 2.85. The monoisotopic (exact) mass is 289 g/mol. The van der Waals surface area contributed by atoms with Gasteiger partial charge >= 0.3 is 0 Å². The number of methoxy groups -OCH3 is 1. The standard InChI is InChI=1S/C12H23N3O3S/c1-7-13-11(12(2,3)19(6,16)17)10-9(18-5)8-14-15(10)4/h8,11,13H,7H2,1-6H3. The number of sulfone groups is 1. The van der Waals surface area contributed by atoms with Crippen LogP contribution in [0.3, 0.4) is 0 Å². The fourth-order valence-electron chi connectivity index (χ4n) is 2.00. The zero-order valence-electron chi connectivity index (χ0n) is 12.4. The van der Waals surface area contributed by atoms with Gasteiger partial charge in [0.25, 0.3) is 0 Å². The highest BCUT2D eigenvalue weighted by Gasteiger charge is 2.42. The molecule has 1 rings (SSSR count). The largest absolute Gasteiger partial charge is 0.493 e. The second kappa shape index (κ2) is 5.50. The quantitative estimate of drug-likeness (QED) is 0.842. The highest BCUT2D eigenvalue weighted by atomic mass is 32.2. The predicted octanol–water partition coefficient (Wildman–Crippen LogP) is 0.902. The van der Waals surface area contributed by atoms with Crippen LogP contribution in [0.1, 0.15) is 32.5 Å². The molecule has 0 saturated heterocycles. The Bertz CT molecular complexity index is 534. The average Bonchev–Trinajstić information content (AvgIpc) is 2.65. The molecule has 0 saturated carbocycles. The number of hydrogen-bond acceptors (Lipinski definition) is 5. The van der Waals surface area contributed by atoms with E-state index in [2.05, 4.69) is 10.4 Å². The molecule has 19 heavy (non-hydrogen) atoms. The molecule has 0 aliphatic carbocycles. The van der Waals surface area contributed by atoms with Crippen LogP contribution >= 0.6 is 0 Å². The van der Waals surface area contributed by atoms with E-state index in [1.807, 2.05) is 6.92 Å². The van der Waals surface area contributed by atoms with E-state index < -0.39 is 20.6 Å². The van der Waals surface area contributed by atoms with Gasteiger partial charge in [0.2, 0.25) is 0 Å². The van der Waals surface area contributed by atoms with Crippen LogP contribution in [0.2, 0.25) is 0 Å². The molecule has 1 heterocycles. The van der Waals surface area contributed by atoms with Crippen molar-refractivity contribution in [2.75, 3.05) is 19.9 Å². The molecule has 0 bridgehead atoms. The Balaban J connectivity index is 3.40. The minimum atomic E-state index is -3.25. The molecule has 1 unspecified atom stereocenters. The van der Waals surface area contributed by atoms with Crippen molar-refractivity contribution in [1.82, 2.24) is 15.1 Å². The molecule has 0 aliphatic heterocycles. The topological polar surface area (TPSA) is 73.2 Å². The second-order valence-electron chi connectivity index (χ2n) is 5.09. The van der Waals surface area contributed by atoms with Crippen LogP contribution in [-0.2, 0) is 16.9 Å². The minimum Gasteiger partial charge on any atom is -0.493 e. The van der Waals surface area contributed by atoms with Gasteiger partial charge in [-0.3, -0.25) is 4.68 Å². The third-order valence-corrected chi connectivity index (χ3v) is 5.65. The zero-order valence-corrected chi connectivity index (χ0v) is 13.2. The molecular weight excluding hydrogens is 266 g/mol. The molecule has 0 aromatic carbocycles. The van der Waals surface area contributed by atoms with Crippen molar-refractivity contribution in [2.45, 2.75) is 31.6 Å². The molecule has 0 amide bonds. The maximum absolute atomic E-state index is 12.1. The molecule has 6 nitrogen and oxygen atoms in total. The minimum absolute atomic E-state index is 0.394.